The Bertz CT molecular complexity index is 495. The van der Waals surface area contributed by atoms with Gasteiger partial charge in [-0.15, -0.1) is 0 Å². The van der Waals surface area contributed by atoms with Crippen LogP contribution in [0.25, 0.3) is 0 Å². The molecule has 1 aliphatic heterocycles. The van der Waals surface area contributed by atoms with E-state index in [4.69, 9.17) is 17.0 Å². The molecule has 1 fully saturated rings. The summed E-state index contributed by atoms with van der Waals surface area (Å²) in [6.07, 6.45) is 8.22. The number of ether oxygens (including phenoxy) is 1. The quantitative estimate of drug-likeness (QED) is 0.593. The maximum Gasteiger partial charge on any atom is 0.121 e. The number of allylic oxidation sites excluding steroid dienone is 3. The van der Waals surface area contributed by atoms with Crippen molar-refractivity contribution in [3.05, 3.63) is 59.7 Å². The van der Waals surface area contributed by atoms with Crippen LogP contribution in [0, 0.1) is 0 Å². The predicted octanol–water partition coefficient (Wildman–Crippen LogP) is 3.56. The van der Waals surface area contributed by atoms with Crippen molar-refractivity contribution < 1.29 is 4.74 Å². The van der Waals surface area contributed by atoms with Crippen molar-refractivity contribution in [2.75, 3.05) is 6.61 Å². The van der Waals surface area contributed by atoms with E-state index >= 15 is 0 Å². The molecule has 1 unspecified atom stereocenters. The molecule has 1 aliphatic carbocycles. The molecule has 0 N–H and O–H groups in total. The van der Waals surface area contributed by atoms with Crippen LogP contribution < -0.4 is 0 Å². The second kappa shape index (κ2) is 4.21. The van der Waals surface area contributed by atoms with Crippen molar-refractivity contribution in [1.82, 2.24) is 0 Å². The highest BCUT2D eigenvalue weighted by Crippen LogP contribution is 2.44. The van der Waals surface area contributed by atoms with Gasteiger partial charge in [0, 0.05) is 17.7 Å². The minimum Gasteiger partial charge on any atom is -0.364 e. The molecule has 2 aliphatic rings. The topological polar surface area (TPSA) is 12.5 Å². The first-order valence-electron chi connectivity index (χ1n) is 5.88. The van der Waals surface area contributed by atoms with Crippen LogP contribution in [0.1, 0.15) is 18.4 Å². The molecule has 1 nitrogen and oxygen atoms in total. The van der Waals surface area contributed by atoms with Crippen LogP contribution in [0.15, 0.2) is 54.1 Å². The molecule has 0 radical (unpaired) electrons. The van der Waals surface area contributed by atoms with E-state index in [1.165, 1.54) is 11.1 Å². The highest BCUT2D eigenvalue weighted by atomic mass is 32.1. The highest BCUT2D eigenvalue weighted by molar-refractivity contribution is 7.80. The highest BCUT2D eigenvalue weighted by Gasteiger charge is 2.46. The summed E-state index contributed by atoms with van der Waals surface area (Å²) in [4.78, 5) is 1.01. The fourth-order valence-corrected chi connectivity index (χ4v) is 2.38. The third-order valence-electron chi connectivity index (χ3n) is 3.33. The lowest BCUT2D eigenvalue weighted by Crippen LogP contribution is -2.10. The summed E-state index contributed by atoms with van der Waals surface area (Å²) < 4.78 is 5.70. The zero-order chi connectivity index (χ0) is 11.7. The van der Waals surface area contributed by atoms with Crippen molar-refractivity contribution in [1.29, 1.82) is 0 Å². The van der Waals surface area contributed by atoms with E-state index < -0.39 is 0 Å². The molecule has 0 saturated carbocycles. The molecule has 1 saturated heterocycles. The zero-order valence-corrected chi connectivity index (χ0v) is 10.4. The average molecular weight is 242 g/mol. The predicted molar refractivity (Wildman–Crippen MR) is 73.1 cm³/mol. The van der Waals surface area contributed by atoms with Crippen molar-refractivity contribution >= 4 is 17.1 Å². The van der Waals surface area contributed by atoms with Gasteiger partial charge in [-0.1, -0.05) is 54.7 Å². The molecule has 0 amide bonds. The van der Waals surface area contributed by atoms with E-state index in [0.717, 1.165) is 24.3 Å². The van der Waals surface area contributed by atoms with Crippen molar-refractivity contribution in [3.8, 4) is 0 Å². The SMILES string of the molecule is S=C1C=CC(CC2(c3ccccc3)CO2)=CC1. The molecule has 0 spiro atoms. The van der Waals surface area contributed by atoms with Gasteiger partial charge in [-0.2, -0.15) is 0 Å². The van der Waals surface area contributed by atoms with Crippen LogP contribution in [-0.2, 0) is 10.3 Å². The summed E-state index contributed by atoms with van der Waals surface area (Å²) in [6.45, 7) is 0.826. The standard InChI is InChI=1S/C15H14OS/c17-14-8-6-12(7-9-14)10-15(11-16-15)13-4-2-1-3-5-13/h1-8H,9-11H2. The lowest BCUT2D eigenvalue weighted by Gasteiger charge is -2.15. The number of thiocarbonyl (C=S) groups is 1. The molecule has 0 bridgehead atoms. The largest absolute Gasteiger partial charge is 0.364 e. The van der Waals surface area contributed by atoms with Crippen molar-refractivity contribution in [2.24, 2.45) is 0 Å². The normalized spacial score (nSPS) is 26.8. The van der Waals surface area contributed by atoms with Gasteiger partial charge in [-0.25, -0.2) is 0 Å². The molecule has 86 valence electrons. The number of benzene rings is 1. The van der Waals surface area contributed by atoms with Gasteiger partial charge < -0.3 is 4.74 Å². The number of hydrogen-bond donors (Lipinski definition) is 0. The van der Waals surface area contributed by atoms with Gasteiger partial charge in [0.05, 0.1) is 6.61 Å². The Morgan fingerprint density at radius 1 is 1.18 bits per heavy atom. The van der Waals surface area contributed by atoms with Gasteiger partial charge >= 0.3 is 0 Å². The van der Waals surface area contributed by atoms with Crippen LogP contribution in [0.2, 0.25) is 0 Å². The molecule has 2 heteroatoms. The van der Waals surface area contributed by atoms with Crippen LogP contribution in [0.4, 0.5) is 0 Å². The van der Waals surface area contributed by atoms with Crippen LogP contribution in [-0.4, -0.2) is 11.5 Å². The Morgan fingerprint density at radius 2 is 1.94 bits per heavy atom. The van der Waals surface area contributed by atoms with Crippen LogP contribution >= 0.6 is 12.2 Å². The molecule has 1 aromatic rings. The smallest absolute Gasteiger partial charge is 0.121 e. The van der Waals surface area contributed by atoms with Crippen molar-refractivity contribution in [3.63, 3.8) is 0 Å². The lowest BCUT2D eigenvalue weighted by atomic mass is 9.90. The molecule has 3 rings (SSSR count). The summed E-state index contributed by atoms with van der Waals surface area (Å²) in [5, 5.41) is 0. The Balaban J connectivity index is 1.78. The maximum absolute atomic E-state index is 5.70. The van der Waals surface area contributed by atoms with Gasteiger partial charge in [0.1, 0.15) is 5.60 Å². The molecule has 1 aromatic carbocycles. The maximum atomic E-state index is 5.70. The lowest BCUT2D eigenvalue weighted by molar-refractivity contribution is 0.307. The minimum atomic E-state index is -0.0730. The summed E-state index contributed by atoms with van der Waals surface area (Å²) in [5.74, 6) is 0. The van der Waals surface area contributed by atoms with Gasteiger partial charge in [-0.3, -0.25) is 0 Å². The second-order valence-electron chi connectivity index (χ2n) is 4.61. The van der Waals surface area contributed by atoms with Crippen LogP contribution in [0.5, 0.6) is 0 Å². The summed E-state index contributed by atoms with van der Waals surface area (Å²) in [5.41, 5.74) is 2.54. The first-order chi connectivity index (χ1) is 8.28. The van der Waals surface area contributed by atoms with Crippen molar-refractivity contribution in [2.45, 2.75) is 18.4 Å². The van der Waals surface area contributed by atoms with Gasteiger partial charge in [0.25, 0.3) is 0 Å². The average Bonchev–Trinajstić information content (AvgIpc) is 3.15. The third kappa shape index (κ3) is 2.24. The van der Waals surface area contributed by atoms with Crippen LogP contribution in [0.3, 0.4) is 0 Å². The molecule has 1 atom stereocenters. The van der Waals surface area contributed by atoms with Gasteiger partial charge in [0.15, 0.2) is 0 Å². The van der Waals surface area contributed by atoms with E-state index in [1.807, 2.05) is 12.1 Å². The Kier molecular flexibility index (Phi) is 2.69. The van der Waals surface area contributed by atoms with E-state index in [2.05, 4.69) is 36.4 Å². The number of epoxide rings is 1. The van der Waals surface area contributed by atoms with Gasteiger partial charge in [0.2, 0.25) is 0 Å². The second-order valence-corrected chi connectivity index (χ2v) is 5.13. The monoisotopic (exact) mass is 242 g/mol. The van der Waals surface area contributed by atoms with E-state index in [1.54, 1.807) is 0 Å². The molecule has 0 aromatic heterocycles. The Labute approximate surface area is 107 Å². The molecular formula is C15H14OS. The molecule has 17 heavy (non-hydrogen) atoms. The first kappa shape index (κ1) is 10.9. The third-order valence-corrected chi connectivity index (χ3v) is 3.63. The number of rotatable bonds is 3. The zero-order valence-electron chi connectivity index (χ0n) is 9.56. The van der Waals surface area contributed by atoms with Gasteiger partial charge in [-0.05, 0) is 17.2 Å². The molecule has 1 heterocycles. The Hall–Kier alpha value is -1.25. The molecular weight excluding hydrogens is 228 g/mol. The first-order valence-corrected chi connectivity index (χ1v) is 6.29. The summed E-state index contributed by atoms with van der Waals surface area (Å²) >= 11 is 5.15. The van der Waals surface area contributed by atoms with E-state index in [9.17, 15) is 0 Å². The summed E-state index contributed by atoms with van der Waals surface area (Å²) in [7, 11) is 0. The van der Waals surface area contributed by atoms with E-state index in [-0.39, 0.29) is 5.60 Å². The Morgan fingerprint density at radius 3 is 2.53 bits per heavy atom. The summed E-state index contributed by atoms with van der Waals surface area (Å²) in [6, 6.07) is 10.5. The fraction of sp³-hybridized carbons (Fsp3) is 0.267. The fourth-order valence-electron chi connectivity index (χ4n) is 2.23. The number of hydrogen-bond acceptors (Lipinski definition) is 2. The minimum absolute atomic E-state index is 0.0730. The van der Waals surface area contributed by atoms with E-state index in [0.29, 0.717) is 0 Å².